The number of alkyl halides is 3. The summed E-state index contributed by atoms with van der Waals surface area (Å²) in [7, 11) is 0. The molecule has 1 aromatic heterocycles. The quantitative estimate of drug-likeness (QED) is 0.161. The Labute approximate surface area is 199 Å². The summed E-state index contributed by atoms with van der Waals surface area (Å²) in [5.74, 6) is 1.16. The molecule has 4 aromatic rings. The number of ether oxygens (including phenoxy) is 1. The van der Waals surface area contributed by atoms with Gasteiger partial charge in [-0.25, -0.2) is 4.68 Å². The normalized spacial score (nSPS) is 11.7. The first-order valence-corrected chi connectivity index (χ1v) is 11.8. The van der Waals surface area contributed by atoms with E-state index in [2.05, 4.69) is 5.10 Å². The fourth-order valence-corrected chi connectivity index (χ4v) is 4.54. The highest BCUT2D eigenvalue weighted by molar-refractivity contribution is 7.99. The lowest BCUT2D eigenvalue weighted by atomic mass is 10.1. The molecule has 0 fully saturated rings. The number of carbonyl (C=O) groups is 1. The fraction of sp³-hybridized carbons (Fsp3) is 0.231. The van der Waals surface area contributed by atoms with Crippen molar-refractivity contribution < 1.29 is 22.7 Å². The zero-order valence-electron chi connectivity index (χ0n) is 18.7. The number of nitrogens with zero attached hydrogens (tertiary/aromatic N) is 2. The molecule has 8 heteroatoms. The number of carbonyl (C=O) groups excluding carboxylic acids is 1. The van der Waals surface area contributed by atoms with E-state index in [9.17, 15) is 18.0 Å². The predicted octanol–water partition coefficient (Wildman–Crippen LogP) is 7.00. The van der Waals surface area contributed by atoms with Crippen LogP contribution in [0.5, 0.6) is 5.75 Å². The van der Waals surface area contributed by atoms with Crippen molar-refractivity contribution in [2.75, 3.05) is 5.75 Å². The van der Waals surface area contributed by atoms with Crippen molar-refractivity contribution in [3.05, 3.63) is 83.6 Å². The van der Waals surface area contributed by atoms with E-state index >= 15 is 0 Å². The fourth-order valence-electron chi connectivity index (χ4n) is 3.56. The summed E-state index contributed by atoms with van der Waals surface area (Å²) in [6.45, 7) is 3.67. The number of hydrogen-bond acceptors (Lipinski definition) is 4. The van der Waals surface area contributed by atoms with E-state index in [0.29, 0.717) is 17.9 Å². The average molecular weight is 485 g/mol. The first-order valence-electron chi connectivity index (χ1n) is 10.8. The maximum absolute atomic E-state index is 12.8. The summed E-state index contributed by atoms with van der Waals surface area (Å²) in [5.41, 5.74) is 2.71. The number of esters is 1. The van der Waals surface area contributed by atoms with Gasteiger partial charge in [-0.15, -0.1) is 11.8 Å². The molecule has 4 nitrogen and oxygen atoms in total. The van der Waals surface area contributed by atoms with Crippen LogP contribution in [0.3, 0.4) is 0 Å². The van der Waals surface area contributed by atoms with Crippen LogP contribution in [0.2, 0.25) is 0 Å². The molecule has 0 amide bonds. The van der Waals surface area contributed by atoms with Gasteiger partial charge in [0.25, 0.3) is 0 Å². The standard InChI is InChI=1S/C26H23F3N2O2S/c1-3-25(32)33-24-12-11-21(15-17(24)2)34-14-13-18-5-4-6-23-22(18)16-31(30-23)20-9-7-19(8-10-20)26(27,28)29/h4-12,15-16H,3,13-14H2,1-2H3. The summed E-state index contributed by atoms with van der Waals surface area (Å²) in [6.07, 6.45) is -1.38. The van der Waals surface area contributed by atoms with Crippen molar-refractivity contribution in [2.24, 2.45) is 0 Å². The number of aromatic nitrogens is 2. The number of fused-ring (bicyclic) bond motifs is 1. The van der Waals surface area contributed by atoms with Crippen LogP contribution < -0.4 is 4.74 Å². The second-order valence-electron chi connectivity index (χ2n) is 7.82. The van der Waals surface area contributed by atoms with Gasteiger partial charge in [-0.1, -0.05) is 19.1 Å². The molecule has 4 rings (SSSR count). The minimum atomic E-state index is -4.36. The molecule has 3 aromatic carbocycles. The monoisotopic (exact) mass is 484 g/mol. The lowest BCUT2D eigenvalue weighted by molar-refractivity contribution is -0.137. The molecular formula is C26H23F3N2O2S. The van der Waals surface area contributed by atoms with Gasteiger partial charge < -0.3 is 4.74 Å². The summed E-state index contributed by atoms with van der Waals surface area (Å²) in [5, 5.41) is 5.51. The molecule has 0 aliphatic heterocycles. The van der Waals surface area contributed by atoms with Crippen molar-refractivity contribution in [2.45, 2.75) is 37.8 Å². The average Bonchev–Trinajstić information content (AvgIpc) is 3.25. The predicted molar refractivity (Wildman–Crippen MR) is 128 cm³/mol. The van der Waals surface area contributed by atoms with Gasteiger partial charge in [-0.3, -0.25) is 4.79 Å². The highest BCUT2D eigenvalue weighted by Crippen LogP contribution is 2.30. The van der Waals surface area contributed by atoms with Crippen molar-refractivity contribution >= 4 is 28.6 Å². The molecule has 0 unspecified atom stereocenters. The summed E-state index contributed by atoms with van der Waals surface area (Å²) in [6, 6.07) is 16.6. The molecule has 0 saturated heterocycles. The third-order valence-electron chi connectivity index (χ3n) is 5.40. The van der Waals surface area contributed by atoms with Crippen LogP contribution in [-0.2, 0) is 17.4 Å². The smallest absolute Gasteiger partial charge is 0.416 e. The highest BCUT2D eigenvalue weighted by Gasteiger charge is 2.30. The van der Waals surface area contributed by atoms with Gasteiger partial charge in [-0.05, 0) is 73.0 Å². The molecule has 0 aliphatic carbocycles. The Morgan fingerprint density at radius 1 is 1.09 bits per heavy atom. The molecule has 0 aliphatic rings. The van der Waals surface area contributed by atoms with Gasteiger partial charge in [0.05, 0.1) is 16.8 Å². The summed E-state index contributed by atoms with van der Waals surface area (Å²) < 4.78 is 45.5. The molecular weight excluding hydrogens is 461 g/mol. The Morgan fingerprint density at radius 2 is 1.85 bits per heavy atom. The van der Waals surface area contributed by atoms with Crippen molar-refractivity contribution in [3.63, 3.8) is 0 Å². The number of thioether (sulfide) groups is 1. The van der Waals surface area contributed by atoms with Crippen LogP contribution in [0.1, 0.15) is 30.0 Å². The van der Waals surface area contributed by atoms with E-state index in [-0.39, 0.29) is 5.97 Å². The van der Waals surface area contributed by atoms with Crippen molar-refractivity contribution in [1.82, 2.24) is 9.78 Å². The Morgan fingerprint density at radius 3 is 2.53 bits per heavy atom. The van der Waals surface area contributed by atoms with Gasteiger partial charge in [0.2, 0.25) is 0 Å². The Bertz CT molecular complexity index is 1310. The maximum Gasteiger partial charge on any atom is 0.416 e. The molecule has 34 heavy (non-hydrogen) atoms. The Hall–Kier alpha value is -3.26. The number of rotatable bonds is 7. The van der Waals surface area contributed by atoms with Gasteiger partial charge in [0.1, 0.15) is 5.75 Å². The van der Waals surface area contributed by atoms with Crippen LogP contribution in [0.4, 0.5) is 13.2 Å². The first-order chi connectivity index (χ1) is 16.2. The zero-order chi connectivity index (χ0) is 24.3. The Balaban J connectivity index is 1.45. The lowest BCUT2D eigenvalue weighted by Crippen LogP contribution is -2.06. The van der Waals surface area contributed by atoms with Gasteiger partial charge in [-0.2, -0.15) is 18.3 Å². The lowest BCUT2D eigenvalue weighted by Gasteiger charge is -2.09. The Kier molecular flexibility index (Phi) is 6.97. The molecule has 0 N–H and O–H groups in total. The number of hydrogen-bond donors (Lipinski definition) is 0. The molecule has 0 saturated carbocycles. The second kappa shape index (κ2) is 9.93. The SMILES string of the molecule is CCC(=O)Oc1ccc(SCCc2cccc3nn(-c4ccc(C(F)(F)F)cc4)cc23)cc1C. The van der Waals surface area contributed by atoms with Gasteiger partial charge >= 0.3 is 12.1 Å². The molecule has 0 bridgehead atoms. The number of aryl methyl sites for hydroxylation is 2. The molecule has 0 radical (unpaired) electrons. The number of halogens is 3. The summed E-state index contributed by atoms with van der Waals surface area (Å²) >= 11 is 1.70. The van der Waals surface area contributed by atoms with E-state index in [4.69, 9.17) is 4.74 Å². The van der Waals surface area contributed by atoms with E-state index in [1.807, 2.05) is 49.5 Å². The minimum absolute atomic E-state index is 0.256. The van der Waals surface area contributed by atoms with Gasteiger partial charge in [0, 0.05) is 28.7 Å². The van der Waals surface area contributed by atoms with E-state index in [0.717, 1.165) is 51.2 Å². The van der Waals surface area contributed by atoms with Crippen LogP contribution in [0, 0.1) is 6.92 Å². The molecule has 1 heterocycles. The maximum atomic E-state index is 12.8. The van der Waals surface area contributed by atoms with Crippen LogP contribution >= 0.6 is 11.8 Å². The van der Waals surface area contributed by atoms with E-state index < -0.39 is 11.7 Å². The molecule has 0 atom stereocenters. The van der Waals surface area contributed by atoms with Crippen LogP contribution in [0.15, 0.2) is 71.8 Å². The van der Waals surface area contributed by atoms with Crippen molar-refractivity contribution in [1.29, 1.82) is 0 Å². The third kappa shape index (κ3) is 5.44. The largest absolute Gasteiger partial charge is 0.426 e. The highest BCUT2D eigenvalue weighted by atomic mass is 32.2. The zero-order valence-corrected chi connectivity index (χ0v) is 19.5. The van der Waals surface area contributed by atoms with E-state index in [1.165, 1.54) is 12.1 Å². The summed E-state index contributed by atoms with van der Waals surface area (Å²) in [4.78, 5) is 12.6. The molecule has 0 spiro atoms. The van der Waals surface area contributed by atoms with Crippen LogP contribution in [0.25, 0.3) is 16.6 Å². The van der Waals surface area contributed by atoms with Crippen LogP contribution in [-0.4, -0.2) is 21.5 Å². The minimum Gasteiger partial charge on any atom is -0.426 e. The van der Waals surface area contributed by atoms with Gasteiger partial charge in [0.15, 0.2) is 0 Å². The second-order valence-corrected chi connectivity index (χ2v) is 8.99. The molecule has 176 valence electrons. The first kappa shape index (κ1) is 23.9. The van der Waals surface area contributed by atoms with Crippen molar-refractivity contribution in [3.8, 4) is 11.4 Å². The van der Waals surface area contributed by atoms with E-state index in [1.54, 1.807) is 23.4 Å². The number of benzene rings is 3. The third-order valence-corrected chi connectivity index (χ3v) is 6.39. The topological polar surface area (TPSA) is 44.1 Å².